The van der Waals surface area contributed by atoms with Crippen molar-refractivity contribution in [3.63, 3.8) is 0 Å². The minimum Gasteiger partial charge on any atom is -0.469 e. The summed E-state index contributed by atoms with van der Waals surface area (Å²) in [5, 5.41) is 2.47. The number of alkyl carbamates (subject to hydrolysis) is 1. The van der Waals surface area contributed by atoms with Crippen LogP contribution in [0.5, 0.6) is 0 Å². The molecule has 1 atom stereocenters. The topological polar surface area (TPSA) is 77.8 Å². The molecule has 0 aliphatic rings. The Morgan fingerprint density at radius 1 is 1.42 bits per heavy atom. The highest BCUT2D eigenvalue weighted by molar-refractivity contribution is 5.81. The second kappa shape index (κ2) is 6.26. The molecule has 0 fully saturated rings. The molecule has 0 aliphatic carbocycles. The summed E-state index contributed by atoms with van der Waals surface area (Å²) < 4.78 is 14.9. The Balaban J connectivity index is 2.65. The minimum absolute atomic E-state index is 0.207. The van der Waals surface area contributed by atoms with Crippen molar-refractivity contribution in [2.24, 2.45) is 0 Å². The van der Waals surface area contributed by atoms with Crippen LogP contribution in [-0.2, 0) is 20.7 Å². The van der Waals surface area contributed by atoms with Crippen LogP contribution in [0.3, 0.4) is 0 Å². The average molecular weight is 269 g/mol. The van der Waals surface area contributed by atoms with Crippen LogP contribution in [0.1, 0.15) is 26.5 Å². The van der Waals surface area contributed by atoms with E-state index < -0.39 is 23.7 Å². The maximum atomic E-state index is 11.6. The van der Waals surface area contributed by atoms with Crippen molar-refractivity contribution in [2.45, 2.75) is 38.8 Å². The molecule has 1 aromatic heterocycles. The lowest BCUT2D eigenvalue weighted by Gasteiger charge is -2.22. The highest BCUT2D eigenvalue weighted by atomic mass is 16.6. The fourth-order valence-electron chi connectivity index (χ4n) is 1.42. The quantitative estimate of drug-likeness (QED) is 0.844. The zero-order valence-electron chi connectivity index (χ0n) is 11.6. The van der Waals surface area contributed by atoms with E-state index in [-0.39, 0.29) is 6.42 Å². The highest BCUT2D eigenvalue weighted by Crippen LogP contribution is 2.09. The zero-order valence-corrected chi connectivity index (χ0v) is 11.6. The molecule has 1 unspecified atom stereocenters. The van der Waals surface area contributed by atoms with Gasteiger partial charge in [-0.3, -0.25) is 0 Å². The number of nitrogens with one attached hydrogen (secondary N) is 1. The number of furan rings is 1. The van der Waals surface area contributed by atoms with E-state index in [0.29, 0.717) is 5.76 Å². The molecule has 0 bridgehead atoms. The lowest BCUT2D eigenvalue weighted by molar-refractivity contribution is -0.143. The Morgan fingerprint density at radius 3 is 2.58 bits per heavy atom. The SMILES string of the molecule is COC(=O)C(Cc1ccco1)NC(=O)OC(C)(C)C. The van der Waals surface area contributed by atoms with E-state index in [0.717, 1.165) is 0 Å². The first kappa shape index (κ1) is 15.1. The highest BCUT2D eigenvalue weighted by Gasteiger charge is 2.25. The summed E-state index contributed by atoms with van der Waals surface area (Å²) in [6.07, 6.45) is 1.03. The van der Waals surface area contributed by atoms with Gasteiger partial charge in [-0.1, -0.05) is 0 Å². The van der Waals surface area contributed by atoms with E-state index >= 15 is 0 Å². The number of esters is 1. The van der Waals surface area contributed by atoms with Crippen molar-refractivity contribution < 1.29 is 23.5 Å². The molecule has 0 saturated carbocycles. The summed E-state index contributed by atoms with van der Waals surface area (Å²) in [7, 11) is 1.26. The molecule has 0 saturated heterocycles. The lowest BCUT2D eigenvalue weighted by Crippen LogP contribution is -2.45. The molecule has 1 N–H and O–H groups in total. The Bertz CT molecular complexity index is 419. The van der Waals surface area contributed by atoms with Crippen LogP contribution >= 0.6 is 0 Å². The minimum atomic E-state index is -0.842. The largest absolute Gasteiger partial charge is 0.469 e. The maximum absolute atomic E-state index is 11.6. The molecule has 0 spiro atoms. The predicted molar refractivity (Wildman–Crippen MR) is 67.6 cm³/mol. The Hall–Kier alpha value is -1.98. The van der Waals surface area contributed by atoms with Crippen molar-refractivity contribution in [3.8, 4) is 0 Å². The van der Waals surface area contributed by atoms with E-state index in [4.69, 9.17) is 9.15 Å². The smallest absolute Gasteiger partial charge is 0.408 e. The summed E-state index contributed by atoms with van der Waals surface area (Å²) >= 11 is 0. The first-order valence-electron chi connectivity index (χ1n) is 5.91. The van der Waals surface area contributed by atoms with Crippen molar-refractivity contribution >= 4 is 12.1 Å². The van der Waals surface area contributed by atoms with Crippen LogP contribution in [0.25, 0.3) is 0 Å². The predicted octanol–water partition coefficient (Wildman–Crippen LogP) is 1.89. The van der Waals surface area contributed by atoms with Crippen molar-refractivity contribution in [1.29, 1.82) is 0 Å². The molecule has 0 aliphatic heterocycles. The monoisotopic (exact) mass is 269 g/mol. The normalized spacial score (nSPS) is 12.6. The molecule has 6 heteroatoms. The molecule has 19 heavy (non-hydrogen) atoms. The van der Waals surface area contributed by atoms with Gasteiger partial charge < -0.3 is 19.2 Å². The third-order valence-electron chi connectivity index (χ3n) is 2.16. The number of carbonyl (C=O) groups is 2. The van der Waals surface area contributed by atoms with Gasteiger partial charge in [-0.25, -0.2) is 9.59 Å². The van der Waals surface area contributed by atoms with Gasteiger partial charge in [0.25, 0.3) is 0 Å². The second-order valence-corrected chi connectivity index (χ2v) is 5.01. The zero-order chi connectivity index (χ0) is 14.5. The third kappa shape index (κ3) is 5.46. The molecule has 0 aromatic carbocycles. The van der Waals surface area contributed by atoms with Crippen LogP contribution in [-0.4, -0.2) is 30.8 Å². The summed E-state index contributed by atoms with van der Waals surface area (Å²) in [5.41, 5.74) is -0.630. The molecular formula is C13H19NO5. The Kier molecular flexibility index (Phi) is 4.97. The molecular weight excluding hydrogens is 250 g/mol. The van der Waals surface area contributed by atoms with E-state index in [1.807, 2.05) is 0 Å². The maximum Gasteiger partial charge on any atom is 0.408 e. The van der Waals surface area contributed by atoms with Gasteiger partial charge in [0.2, 0.25) is 0 Å². The van der Waals surface area contributed by atoms with Gasteiger partial charge >= 0.3 is 12.1 Å². The number of rotatable bonds is 4. The average Bonchev–Trinajstić information content (AvgIpc) is 2.77. The standard InChI is InChI=1S/C13H19NO5/c1-13(2,3)19-12(16)14-10(11(15)17-4)8-9-6-5-7-18-9/h5-7,10H,8H2,1-4H3,(H,14,16). The second-order valence-electron chi connectivity index (χ2n) is 5.01. The van der Waals surface area contributed by atoms with Gasteiger partial charge in [-0.2, -0.15) is 0 Å². The molecule has 106 valence electrons. The third-order valence-corrected chi connectivity index (χ3v) is 2.16. The van der Waals surface area contributed by atoms with Crippen LogP contribution in [0.15, 0.2) is 22.8 Å². The number of hydrogen-bond donors (Lipinski definition) is 1. The van der Waals surface area contributed by atoms with Gasteiger partial charge in [0.1, 0.15) is 17.4 Å². The van der Waals surface area contributed by atoms with E-state index in [2.05, 4.69) is 10.1 Å². The van der Waals surface area contributed by atoms with Gasteiger partial charge in [-0.05, 0) is 32.9 Å². The van der Waals surface area contributed by atoms with Crippen LogP contribution in [0, 0.1) is 0 Å². The molecule has 1 aromatic rings. The Labute approximate surface area is 112 Å². The van der Waals surface area contributed by atoms with Crippen molar-refractivity contribution in [2.75, 3.05) is 7.11 Å². The molecule has 1 heterocycles. The van der Waals surface area contributed by atoms with E-state index in [9.17, 15) is 9.59 Å². The number of carbonyl (C=O) groups excluding carboxylic acids is 2. The van der Waals surface area contributed by atoms with Gasteiger partial charge in [-0.15, -0.1) is 0 Å². The molecule has 1 rings (SSSR count). The number of hydrogen-bond acceptors (Lipinski definition) is 5. The van der Waals surface area contributed by atoms with Gasteiger partial charge in [0.05, 0.1) is 13.4 Å². The number of amides is 1. The van der Waals surface area contributed by atoms with Crippen molar-refractivity contribution in [1.82, 2.24) is 5.32 Å². The molecule has 6 nitrogen and oxygen atoms in total. The van der Waals surface area contributed by atoms with Crippen LogP contribution in [0.2, 0.25) is 0 Å². The molecule has 1 amide bonds. The summed E-state index contributed by atoms with van der Waals surface area (Å²) in [4.78, 5) is 23.3. The summed E-state index contributed by atoms with van der Waals surface area (Å²) in [6, 6.07) is 2.58. The van der Waals surface area contributed by atoms with Gasteiger partial charge in [0, 0.05) is 6.42 Å². The van der Waals surface area contributed by atoms with Gasteiger partial charge in [0.15, 0.2) is 0 Å². The Morgan fingerprint density at radius 2 is 2.11 bits per heavy atom. The fraction of sp³-hybridized carbons (Fsp3) is 0.538. The van der Waals surface area contributed by atoms with Crippen LogP contribution < -0.4 is 5.32 Å². The van der Waals surface area contributed by atoms with Crippen molar-refractivity contribution in [3.05, 3.63) is 24.2 Å². The molecule has 0 radical (unpaired) electrons. The number of methoxy groups -OCH3 is 1. The van der Waals surface area contributed by atoms with E-state index in [1.165, 1.54) is 13.4 Å². The summed E-state index contributed by atoms with van der Waals surface area (Å²) in [5.74, 6) is 0.0220. The number of ether oxygens (including phenoxy) is 2. The fourth-order valence-corrected chi connectivity index (χ4v) is 1.42. The summed E-state index contributed by atoms with van der Waals surface area (Å²) in [6.45, 7) is 5.23. The first-order valence-corrected chi connectivity index (χ1v) is 5.91. The first-order chi connectivity index (χ1) is 8.81. The van der Waals surface area contributed by atoms with E-state index in [1.54, 1.807) is 32.9 Å². The lowest BCUT2D eigenvalue weighted by atomic mass is 10.1. The van der Waals surface area contributed by atoms with Crippen LogP contribution in [0.4, 0.5) is 4.79 Å².